The van der Waals surface area contributed by atoms with Crippen molar-refractivity contribution in [3.05, 3.63) is 35.7 Å². The third-order valence-electron chi connectivity index (χ3n) is 5.80. The lowest BCUT2D eigenvalue weighted by atomic mass is 10.1. The Morgan fingerprint density at radius 2 is 2.06 bits per heavy atom. The topological polar surface area (TPSA) is 112 Å². The van der Waals surface area contributed by atoms with Crippen LogP contribution < -0.4 is 26.4 Å². The highest BCUT2D eigenvalue weighted by Crippen LogP contribution is 2.38. The summed E-state index contributed by atoms with van der Waals surface area (Å²) in [6.45, 7) is 11.6. The molecule has 0 fully saturated rings. The van der Waals surface area contributed by atoms with Crippen LogP contribution in [-0.4, -0.2) is 40.6 Å². The van der Waals surface area contributed by atoms with E-state index in [4.69, 9.17) is 15.1 Å². The number of pyridine rings is 2. The van der Waals surface area contributed by atoms with Crippen molar-refractivity contribution in [2.75, 3.05) is 25.5 Å². The van der Waals surface area contributed by atoms with Gasteiger partial charge in [-0.05, 0) is 57.4 Å². The summed E-state index contributed by atoms with van der Waals surface area (Å²) < 4.78 is 8.19. The van der Waals surface area contributed by atoms with Gasteiger partial charge < -0.3 is 14.6 Å². The van der Waals surface area contributed by atoms with E-state index in [9.17, 15) is 0 Å². The Bertz CT molecular complexity index is 1110. The Kier molecular flexibility index (Phi) is 8.24. The van der Waals surface area contributed by atoms with Gasteiger partial charge in [0.05, 0.1) is 41.1 Å². The monoisotopic (exact) mass is 452 g/mol. The maximum Gasteiger partial charge on any atom is 0.222 e. The van der Waals surface area contributed by atoms with Crippen LogP contribution in [0.1, 0.15) is 51.4 Å². The Balaban J connectivity index is 2.22. The fraction of sp³-hybridized carbons (Fsp3) is 0.458. The molecule has 0 radical (unpaired) electrons. The Morgan fingerprint density at radius 3 is 2.73 bits per heavy atom. The first-order valence-electron chi connectivity index (χ1n) is 11.6. The molecule has 9 heteroatoms. The van der Waals surface area contributed by atoms with Crippen LogP contribution in [0.5, 0.6) is 5.88 Å². The van der Waals surface area contributed by atoms with Crippen molar-refractivity contribution in [2.24, 2.45) is 0 Å². The first-order valence-corrected chi connectivity index (χ1v) is 11.6. The second kappa shape index (κ2) is 11.1. The molecule has 0 saturated carbocycles. The SMILES string of the molecule is CCOc1ncccc1-c1cc(NCC(=N)NNNC)c2c(n1)c(C)c(CC)n2C(C)CC. The van der Waals surface area contributed by atoms with Gasteiger partial charge in [-0.3, -0.25) is 10.8 Å². The van der Waals surface area contributed by atoms with E-state index in [1.807, 2.05) is 25.1 Å². The smallest absolute Gasteiger partial charge is 0.222 e. The molecule has 0 bridgehead atoms. The summed E-state index contributed by atoms with van der Waals surface area (Å²) in [4.78, 5) is 9.52. The molecule has 0 amide bonds. The predicted molar refractivity (Wildman–Crippen MR) is 135 cm³/mol. The van der Waals surface area contributed by atoms with E-state index in [1.54, 1.807) is 13.2 Å². The van der Waals surface area contributed by atoms with Crippen molar-refractivity contribution in [2.45, 2.75) is 53.5 Å². The molecule has 3 rings (SSSR count). The van der Waals surface area contributed by atoms with Gasteiger partial charge in [-0.15, -0.1) is 0 Å². The predicted octanol–water partition coefficient (Wildman–Crippen LogP) is 3.96. The number of hydrazine groups is 2. The lowest BCUT2D eigenvalue weighted by Gasteiger charge is -2.20. The van der Waals surface area contributed by atoms with Crippen molar-refractivity contribution in [3.8, 4) is 17.1 Å². The molecule has 0 aliphatic carbocycles. The van der Waals surface area contributed by atoms with Crippen LogP contribution in [0.4, 0.5) is 5.69 Å². The van der Waals surface area contributed by atoms with E-state index < -0.39 is 0 Å². The normalized spacial score (nSPS) is 12.1. The lowest BCUT2D eigenvalue weighted by Crippen LogP contribution is -2.46. The molecule has 3 aromatic rings. The molecular weight excluding hydrogens is 416 g/mol. The average Bonchev–Trinajstić information content (AvgIpc) is 3.12. The van der Waals surface area contributed by atoms with E-state index in [0.29, 0.717) is 30.9 Å². The molecule has 1 unspecified atom stereocenters. The number of fused-ring (bicyclic) bond motifs is 1. The van der Waals surface area contributed by atoms with Gasteiger partial charge in [-0.1, -0.05) is 13.8 Å². The van der Waals surface area contributed by atoms with Crippen LogP contribution in [-0.2, 0) is 6.42 Å². The quantitative estimate of drug-likeness (QED) is 0.170. The van der Waals surface area contributed by atoms with Gasteiger partial charge in [-0.2, -0.15) is 5.53 Å². The van der Waals surface area contributed by atoms with Crippen molar-refractivity contribution in [3.63, 3.8) is 0 Å². The number of anilines is 1. The molecule has 3 aromatic heterocycles. The fourth-order valence-corrected chi connectivity index (χ4v) is 4.08. The van der Waals surface area contributed by atoms with Gasteiger partial charge in [0, 0.05) is 25.0 Å². The van der Waals surface area contributed by atoms with E-state index in [2.05, 4.69) is 58.9 Å². The summed E-state index contributed by atoms with van der Waals surface area (Å²) in [6, 6.07) is 6.25. The first kappa shape index (κ1) is 24.5. The summed E-state index contributed by atoms with van der Waals surface area (Å²) in [7, 11) is 1.74. The number of aryl methyl sites for hydroxylation is 1. The molecule has 9 nitrogen and oxygen atoms in total. The number of rotatable bonds is 11. The summed E-state index contributed by atoms with van der Waals surface area (Å²) in [5.74, 6) is 0.876. The van der Waals surface area contributed by atoms with Gasteiger partial charge in [0.1, 0.15) is 5.84 Å². The molecule has 178 valence electrons. The minimum Gasteiger partial charge on any atom is -0.477 e. The summed E-state index contributed by atoms with van der Waals surface area (Å²) in [5.41, 5.74) is 15.4. The Hall–Kier alpha value is -3.17. The van der Waals surface area contributed by atoms with E-state index in [0.717, 1.165) is 40.8 Å². The number of aromatic nitrogens is 3. The number of amidine groups is 1. The summed E-state index contributed by atoms with van der Waals surface area (Å²) in [5, 5.41) is 11.7. The number of hydrogen-bond donors (Lipinski definition) is 5. The third-order valence-corrected chi connectivity index (χ3v) is 5.80. The van der Waals surface area contributed by atoms with Crippen LogP contribution in [0.15, 0.2) is 24.4 Å². The maximum absolute atomic E-state index is 8.19. The Labute approximate surface area is 195 Å². The van der Waals surface area contributed by atoms with Gasteiger partial charge in [-0.25, -0.2) is 15.4 Å². The zero-order chi connectivity index (χ0) is 24.0. The van der Waals surface area contributed by atoms with Crippen molar-refractivity contribution < 1.29 is 4.74 Å². The van der Waals surface area contributed by atoms with Crippen LogP contribution in [0, 0.1) is 12.3 Å². The third kappa shape index (κ3) is 5.09. The van der Waals surface area contributed by atoms with E-state index in [-0.39, 0.29) is 0 Å². The zero-order valence-corrected chi connectivity index (χ0v) is 20.5. The highest BCUT2D eigenvalue weighted by Gasteiger charge is 2.22. The Morgan fingerprint density at radius 1 is 1.27 bits per heavy atom. The number of nitrogens with one attached hydrogen (secondary N) is 5. The van der Waals surface area contributed by atoms with E-state index in [1.165, 1.54) is 11.3 Å². The largest absolute Gasteiger partial charge is 0.477 e. The van der Waals surface area contributed by atoms with Crippen LogP contribution in [0.25, 0.3) is 22.3 Å². The molecule has 0 saturated heterocycles. The average molecular weight is 453 g/mol. The molecule has 5 N–H and O–H groups in total. The van der Waals surface area contributed by atoms with Crippen molar-refractivity contribution in [1.29, 1.82) is 5.41 Å². The van der Waals surface area contributed by atoms with Crippen molar-refractivity contribution in [1.82, 2.24) is 30.9 Å². The minimum atomic E-state index is 0.307. The highest BCUT2D eigenvalue weighted by molar-refractivity contribution is 5.96. The van der Waals surface area contributed by atoms with Crippen LogP contribution in [0.2, 0.25) is 0 Å². The number of nitrogens with zero attached hydrogens (tertiary/aromatic N) is 3. The van der Waals surface area contributed by atoms with Crippen LogP contribution in [0.3, 0.4) is 0 Å². The molecule has 0 aliphatic heterocycles. The molecule has 0 aliphatic rings. The van der Waals surface area contributed by atoms with Crippen LogP contribution >= 0.6 is 0 Å². The second-order valence-electron chi connectivity index (χ2n) is 7.93. The lowest BCUT2D eigenvalue weighted by molar-refractivity contribution is 0.328. The van der Waals surface area contributed by atoms with Crippen molar-refractivity contribution >= 4 is 22.6 Å². The van der Waals surface area contributed by atoms with E-state index >= 15 is 0 Å². The zero-order valence-electron chi connectivity index (χ0n) is 20.5. The highest BCUT2D eigenvalue weighted by atomic mass is 16.5. The molecule has 1 atom stereocenters. The maximum atomic E-state index is 8.19. The molecule has 3 heterocycles. The number of hydrogen-bond acceptors (Lipinski definition) is 7. The summed E-state index contributed by atoms with van der Waals surface area (Å²) in [6.07, 6.45) is 3.66. The number of ether oxygens (including phenoxy) is 1. The fourth-order valence-electron chi connectivity index (χ4n) is 4.08. The van der Waals surface area contributed by atoms with Gasteiger partial charge >= 0.3 is 0 Å². The minimum absolute atomic E-state index is 0.307. The molecule has 0 aromatic carbocycles. The standard InChI is InChI=1S/C24H36N8O/c1-7-15(4)32-20(8-2)16(5)22-23(32)19(28-14-21(25)30-31-26-6)13-18(29-22)17-11-10-12-27-24(17)33-9-3/h10-13,15,26,31H,7-9,14H2,1-6H3,(H2,25,30)(H,28,29). The molecular formula is C24H36N8O. The van der Waals surface area contributed by atoms with Gasteiger partial charge in [0.25, 0.3) is 0 Å². The second-order valence-corrected chi connectivity index (χ2v) is 7.93. The van der Waals surface area contributed by atoms with Gasteiger partial charge in [0.2, 0.25) is 5.88 Å². The van der Waals surface area contributed by atoms with Gasteiger partial charge in [0.15, 0.2) is 0 Å². The summed E-state index contributed by atoms with van der Waals surface area (Å²) >= 11 is 0. The molecule has 0 spiro atoms. The first-order chi connectivity index (χ1) is 16.0. The molecule has 33 heavy (non-hydrogen) atoms.